The molecule has 1 N–H and O–H groups in total. The second-order valence-electron chi connectivity index (χ2n) is 7.02. The molecule has 0 radical (unpaired) electrons. The van der Waals surface area contributed by atoms with Gasteiger partial charge in [0, 0.05) is 37.8 Å². The number of amides is 1. The fourth-order valence-electron chi connectivity index (χ4n) is 3.51. The summed E-state index contributed by atoms with van der Waals surface area (Å²) in [5.74, 6) is -0.242. The Morgan fingerprint density at radius 1 is 1.36 bits per heavy atom. The molecule has 0 spiro atoms. The molecule has 0 atom stereocenters. The second-order valence-corrected chi connectivity index (χ2v) is 7.02. The number of aryl methyl sites for hydroxylation is 1. The van der Waals surface area contributed by atoms with Crippen molar-refractivity contribution < 1.29 is 14.3 Å². The number of nitrogens with zero attached hydrogens (tertiary/aromatic N) is 4. The van der Waals surface area contributed by atoms with Crippen LogP contribution in [0.25, 0.3) is 0 Å². The van der Waals surface area contributed by atoms with Crippen LogP contribution in [0.4, 0.5) is 4.39 Å². The van der Waals surface area contributed by atoms with Crippen LogP contribution in [-0.4, -0.2) is 43.8 Å². The number of aromatic nitrogens is 3. The summed E-state index contributed by atoms with van der Waals surface area (Å²) in [5.41, 5.74) is 0.483. The van der Waals surface area contributed by atoms with E-state index in [-0.39, 0.29) is 24.3 Å². The van der Waals surface area contributed by atoms with Gasteiger partial charge in [-0.2, -0.15) is 9.49 Å². The fraction of sp³-hybridized carbons (Fsp3) is 0.500. The summed E-state index contributed by atoms with van der Waals surface area (Å²) >= 11 is 0. The zero-order valence-corrected chi connectivity index (χ0v) is 14.2. The third-order valence-corrected chi connectivity index (χ3v) is 5.25. The molecule has 4 rings (SSSR count). The quantitative estimate of drug-likeness (QED) is 0.864. The van der Waals surface area contributed by atoms with Crippen LogP contribution in [0.1, 0.15) is 53.3 Å². The van der Waals surface area contributed by atoms with Crippen LogP contribution >= 0.6 is 0 Å². The van der Waals surface area contributed by atoms with E-state index in [1.54, 1.807) is 28.8 Å². The Bertz CT molecular complexity index is 807. The molecule has 6 nitrogen and oxygen atoms in total. The molecule has 2 aromatic heterocycles. The largest absolute Gasteiger partial charge is 0.385 e. The van der Waals surface area contributed by atoms with Gasteiger partial charge in [0.2, 0.25) is 5.95 Å². The summed E-state index contributed by atoms with van der Waals surface area (Å²) in [4.78, 5) is 18.1. The van der Waals surface area contributed by atoms with Crippen LogP contribution in [0.3, 0.4) is 0 Å². The van der Waals surface area contributed by atoms with Gasteiger partial charge in [-0.25, -0.2) is 4.98 Å². The number of piperidine rings is 1. The molecule has 2 aliphatic rings. The van der Waals surface area contributed by atoms with Crippen molar-refractivity contribution in [2.75, 3.05) is 13.1 Å². The average Bonchev–Trinajstić information content (AvgIpc) is 3.38. The van der Waals surface area contributed by atoms with E-state index in [0.29, 0.717) is 24.7 Å². The summed E-state index contributed by atoms with van der Waals surface area (Å²) in [6.07, 6.45) is 4.21. The number of pyridine rings is 1. The summed E-state index contributed by atoms with van der Waals surface area (Å²) in [7, 11) is 1.78. The molecule has 1 saturated carbocycles. The van der Waals surface area contributed by atoms with Gasteiger partial charge in [-0.05, 0) is 37.8 Å². The van der Waals surface area contributed by atoms with Crippen LogP contribution in [0, 0.1) is 5.95 Å². The van der Waals surface area contributed by atoms with Gasteiger partial charge in [-0.1, -0.05) is 6.07 Å². The minimum atomic E-state index is -1.28. The SMILES string of the molecule is Cn1nc(C2CC2)cc1C(=O)N1CCC(O)(c2cccnc2F)CC1. The highest BCUT2D eigenvalue weighted by atomic mass is 19.1. The lowest BCUT2D eigenvalue weighted by Gasteiger charge is -2.38. The highest BCUT2D eigenvalue weighted by molar-refractivity contribution is 5.92. The normalized spacial score (nSPS) is 19.9. The van der Waals surface area contributed by atoms with E-state index in [4.69, 9.17) is 0 Å². The smallest absolute Gasteiger partial charge is 0.272 e. The van der Waals surface area contributed by atoms with Crippen molar-refractivity contribution in [1.29, 1.82) is 0 Å². The van der Waals surface area contributed by atoms with Gasteiger partial charge in [-0.3, -0.25) is 9.48 Å². The Morgan fingerprint density at radius 3 is 2.72 bits per heavy atom. The van der Waals surface area contributed by atoms with Crippen molar-refractivity contribution in [2.24, 2.45) is 7.05 Å². The maximum Gasteiger partial charge on any atom is 0.272 e. The van der Waals surface area contributed by atoms with Crippen LogP contribution in [0.5, 0.6) is 0 Å². The second kappa shape index (κ2) is 5.91. The first-order valence-electron chi connectivity index (χ1n) is 8.64. The van der Waals surface area contributed by atoms with Gasteiger partial charge in [0.05, 0.1) is 11.3 Å². The lowest BCUT2D eigenvalue weighted by atomic mass is 9.85. The van der Waals surface area contributed by atoms with Crippen LogP contribution in [0.2, 0.25) is 0 Å². The number of rotatable bonds is 3. The molecule has 3 heterocycles. The van der Waals surface area contributed by atoms with E-state index in [2.05, 4.69) is 10.1 Å². The number of hydrogen-bond donors (Lipinski definition) is 1. The van der Waals surface area contributed by atoms with Gasteiger partial charge in [-0.15, -0.1) is 0 Å². The minimum absolute atomic E-state index is 0.0874. The third-order valence-electron chi connectivity index (χ3n) is 5.25. The lowest BCUT2D eigenvalue weighted by Crippen LogP contribution is -2.46. The Morgan fingerprint density at radius 2 is 2.08 bits per heavy atom. The topological polar surface area (TPSA) is 71.2 Å². The van der Waals surface area contributed by atoms with E-state index in [9.17, 15) is 14.3 Å². The molecule has 25 heavy (non-hydrogen) atoms. The molecule has 2 aromatic rings. The molecular formula is C18H21FN4O2. The number of carbonyl (C=O) groups excluding carboxylic acids is 1. The fourth-order valence-corrected chi connectivity index (χ4v) is 3.51. The molecule has 7 heteroatoms. The highest BCUT2D eigenvalue weighted by Gasteiger charge is 2.38. The van der Waals surface area contributed by atoms with E-state index in [1.807, 2.05) is 6.07 Å². The molecular weight excluding hydrogens is 323 g/mol. The molecule has 0 unspecified atom stereocenters. The van der Waals surface area contributed by atoms with Crippen molar-refractivity contribution >= 4 is 5.91 Å². The third kappa shape index (κ3) is 2.93. The van der Waals surface area contributed by atoms with Crippen molar-refractivity contribution in [3.8, 4) is 0 Å². The molecule has 1 amide bonds. The van der Waals surface area contributed by atoms with Crippen molar-refractivity contribution in [3.63, 3.8) is 0 Å². The lowest BCUT2D eigenvalue weighted by molar-refractivity contribution is -0.0243. The molecule has 132 valence electrons. The summed E-state index contributed by atoms with van der Waals surface area (Å²) in [6.45, 7) is 0.737. The molecule has 2 fully saturated rings. The number of carbonyl (C=O) groups is 1. The number of halogens is 1. The Hall–Kier alpha value is -2.28. The number of aliphatic hydroxyl groups is 1. The maximum atomic E-state index is 13.9. The monoisotopic (exact) mass is 344 g/mol. The van der Waals surface area contributed by atoms with Gasteiger partial charge < -0.3 is 10.0 Å². The summed E-state index contributed by atoms with van der Waals surface area (Å²) < 4.78 is 15.6. The predicted molar refractivity (Wildman–Crippen MR) is 88.4 cm³/mol. The Kier molecular flexibility index (Phi) is 3.83. The van der Waals surface area contributed by atoms with E-state index in [1.165, 1.54) is 6.20 Å². The summed E-state index contributed by atoms with van der Waals surface area (Å²) in [6, 6.07) is 5.05. The van der Waals surface area contributed by atoms with Crippen LogP contribution < -0.4 is 0 Å². The first-order chi connectivity index (χ1) is 12.0. The van der Waals surface area contributed by atoms with E-state index >= 15 is 0 Å². The van der Waals surface area contributed by atoms with E-state index < -0.39 is 11.5 Å². The van der Waals surface area contributed by atoms with Crippen LogP contribution in [-0.2, 0) is 12.6 Å². The standard InChI is InChI=1S/C18H21FN4O2/c1-22-15(11-14(21-22)12-4-5-12)17(24)23-9-6-18(25,7-10-23)13-3-2-8-20-16(13)19/h2-3,8,11-12,25H,4-7,9-10H2,1H3. The average molecular weight is 344 g/mol. The maximum absolute atomic E-state index is 13.9. The predicted octanol–water partition coefficient (Wildman–Crippen LogP) is 1.96. The Labute approximate surface area is 145 Å². The Balaban J connectivity index is 1.48. The van der Waals surface area contributed by atoms with Gasteiger partial charge in [0.15, 0.2) is 0 Å². The minimum Gasteiger partial charge on any atom is -0.385 e. The molecule has 0 aromatic carbocycles. The molecule has 1 saturated heterocycles. The zero-order valence-electron chi connectivity index (χ0n) is 14.2. The molecule has 1 aliphatic carbocycles. The first-order valence-corrected chi connectivity index (χ1v) is 8.64. The van der Waals surface area contributed by atoms with Gasteiger partial charge in [0.1, 0.15) is 5.69 Å². The van der Waals surface area contributed by atoms with Crippen molar-refractivity contribution in [3.05, 3.63) is 47.3 Å². The number of likely N-dealkylation sites (tertiary alicyclic amines) is 1. The van der Waals surface area contributed by atoms with Crippen molar-refractivity contribution in [2.45, 2.75) is 37.2 Å². The first kappa shape index (κ1) is 16.2. The molecule has 0 bridgehead atoms. The zero-order chi connectivity index (χ0) is 17.6. The molecule has 1 aliphatic heterocycles. The van der Waals surface area contributed by atoms with Crippen molar-refractivity contribution in [1.82, 2.24) is 19.7 Å². The summed E-state index contributed by atoms with van der Waals surface area (Å²) in [5, 5.41) is 15.2. The van der Waals surface area contributed by atoms with Crippen LogP contribution in [0.15, 0.2) is 24.4 Å². The van der Waals surface area contributed by atoms with Gasteiger partial charge >= 0.3 is 0 Å². The number of hydrogen-bond acceptors (Lipinski definition) is 4. The highest BCUT2D eigenvalue weighted by Crippen LogP contribution is 2.39. The van der Waals surface area contributed by atoms with Gasteiger partial charge in [0.25, 0.3) is 5.91 Å². The van der Waals surface area contributed by atoms with E-state index in [0.717, 1.165) is 18.5 Å².